The van der Waals surface area contributed by atoms with E-state index in [2.05, 4.69) is 11.8 Å². The van der Waals surface area contributed by atoms with E-state index in [0.717, 1.165) is 0 Å². The van der Waals surface area contributed by atoms with Crippen molar-refractivity contribution in [3.63, 3.8) is 0 Å². The summed E-state index contributed by atoms with van der Waals surface area (Å²) in [6, 6.07) is 0. The topological polar surface area (TPSA) is 46.3 Å². The number of carbonyl (C=O) groups excluding carboxylic acids is 1. The predicted molar refractivity (Wildman–Crippen MR) is 66.7 cm³/mol. The molecule has 0 bridgehead atoms. The van der Waals surface area contributed by atoms with Crippen LogP contribution in [0.3, 0.4) is 0 Å². The highest BCUT2D eigenvalue weighted by Crippen LogP contribution is 2.07. The van der Waals surface area contributed by atoms with Crippen molar-refractivity contribution in [1.29, 1.82) is 0 Å². The Morgan fingerprint density at radius 2 is 1.87 bits per heavy atom. The lowest BCUT2D eigenvalue weighted by Gasteiger charge is -2.12. The van der Waals surface area contributed by atoms with Crippen LogP contribution in [0.1, 0.15) is 47.9 Å². The third-order valence-corrected chi connectivity index (χ3v) is 2.60. The minimum Gasteiger partial charge on any atom is -0.369 e. The minimum atomic E-state index is -0.241. The number of hydrogen-bond donors (Lipinski definition) is 1. The number of nitrogens with two attached hydrogens (primary N) is 1. The summed E-state index contributed by atoms with van der Waals surface area (Å²) < 4.78 is 0. The Balaban J connectivity index is 0. The van der Waals surface area contributed by atoms with Gasteiger partial charge in [-0.1, -0.05) is 27.2 Å². The fourth-order valence-electron chi connectivity index (χ4n) is 1.39. The van der Waals surface area contributed by atoms with Gasteiger partial charge in [0.15, 0.2) is 0 Å². The molecule has 1 amide bonds. The van der Waals surface area contributed by atoms with E-state index in [1.165, 1.54) is 45.3 Å². The van der Waals surface area contributed by atoms with Gasteiger partial charge < -0.3 is 10.6 Å². The molecule has 0 unspecified atom stereocenters. The lowest BCUT2D eigenvalue weighted by atomic mass is 10.2. The molecule has 0 saturated carbocycles. The first-order valence-electron chi connectivity index (χ1n) is 6.09. The fraction of sp³-hybridized carbons (Fsp3) is 0.917. The van der Waals surface area contributed by atoms with Crippen LogP contribution in [0, 0.1) is 5.92 Å². The standard InChI is InChI=1S/C8H17N.C4H9NO.H2/c1-2-3-6-9-7-4-5-8-9;1-3(2)4(5)6;/h2-8H2,1H3;3H,1-2H3,(H2,5,6);1H. The maximum Gasteiger partial charge on any atom is 0.219 e. The van der Waals surface area contributed by atoms with Crippen molar-refractivity contribution in [3.05, 3.63) is 0 Å². The van der Waals surface area contributed by atoms with Crippen LogP contribution < -0.4 is 5.73 Å². The Morgan fingerprint density at radius 1 is 1.40 bits per heavy atom. The summed E-state index contributed by atoms with van der Waals surface area (Å²) in [5, 5.41) is 0. The Kier molecular flexibility index (Phi) is 8.38. The minimum absolute atomic E-state index is 0. The molecule has 0 aliphatic carbocycles. The van der Waals surface area contributed by atoms with Gasteiger partial charge in [0.2, 0.25) is 5.91 Å². The molecule has 0 aromatic heterocycles. The van der Waals surface area contributed by atoms with Gasteiger partial charge in [-0.25, -0.2) is 0 Å². The second-order valence-corrected chi connectivity index (χ2v) is 4.46. The molecule has 1 heterocycles. The van der Waals surface area contributed by atoms with Crippen LogP contribution in [0.4, 0.5) is 0 Å². The van der Waals surface area contributed by atoms with E-state index < -0.39 is 0 Å². The summed E-state index contributed by atoms with van der Waals surface area (Å²) in [4.78, 5) is 12.5. The van der Waals surface area contributed by atoms with E-state index in [1.807, 2.05) is 0 Å². The quantitative estimate of drug-likeness (QED) is 0.783. The zero-order chi connectivity index (χ0) is 11.7. The Morgan fingerprint density at radius 3 is 2.20 bits per heavy atom. The van der Waals surface area contributed by atoms with Crippen LogP contribution in [0.15, 0.2) is 0 Å². The van der Waals surface area contributed by atoms with Crippen molar-refractivity contribution in [2.24, 2.45) is 11.7 Å². The number of likely N-dealkylation sites (tertiary alicyclic amines) is 1. The van der Waals surface area contributed by atoms with Crippen molar-refractivity contribution in [2.45, 2.75) is 46.5 Å². The van der Waals surface area contributed by atoms with E-state index in [4.69, 9.17) is 5.73 Å². The molecule has 15 heavy (non-hydrogen) atoms. The molecule has 1 saturated heterocycles. The molecule has 1 rings (SSSR count). The summed E-state index contributed by atoms with van der Waals surface area (Å²) in [5.74, 6) is -0.250. The highest BCUT2D eigenvalue weighted by molar-refractivity contribution is 5.75. The first-order chi connectivity index (χ1) is 7.07. The molecule has 3 nitrogen and oxygen atoms in total. The number of unbranched alkanes of at least 4 members (excludes halogenated alkanes) is 1. The zero-order valence-corrected chi connectivity index (χ0v) is 10.5. The van der Waals surface area contributed by atoms with Gasteiger partial charge in [-0.15, -0.1) is 0 Å². The highest BCUT2D eigenvalue weighted by atomic mass is 16.1. The summed E-state index contributed by atoms with van der Waals surface area (Å²) in [6.45, 7) is 9.86. The van der Waals surface area contributed by atoms with Crippen molar-refractivity contribution in [2.75, 3.05) is 19.6 Å². The van der Waals surface area contributed by atoms with E-state index >= 15 is 0 Å². The van der Waals surface area contributed by atoms with Crippen molar-refractivity contribution >= 4 is 5.91 Å². The molecule has 3 heteroatoms. The van der Waals surface area contributed by atoms with Crippen molar-refractivity contribution < 1.29 is 6.22 Å². The number of hydrogen-bond acceptors (Lipinski definition) is 2. The van der Waals surface area contributed by atoms with Crippen LogP contribution >= 0.6 is 0 Å². The van der Waals surface area contributed by atoms with Gasteiger partial charge in [0.1, 0.15) is 0 Å². The van der Waals surface area contributed by atoms with Crippen molar-refractivity contribution in [3.8, 4) is 0 Å². The highest BCUT2D eigenvalue weighted by Gasteiger charge is 2.09. The van der Waals surface area contributed by atoms with E-state index in [1.54, 1.807) is 13.8 Å². The SMILES string of the molecule is CC(C)C(N)=O.CCCCN1CCCC1.[HH]. The molecular weight excluding hydrogens is 188 g/mol. The molecule has 0 aromatic carbocycles. The summed E-state index contributed by atoms with van der Waals surface area (Å²) in [5.41, 5.74) is 4.80. The van der Waals surface area contributed by atoms with Gasteiger partial charge in [-0.3, -0.25) is 4.79 Å². The summed E-state index contributed by atoms with van der Waals surface area (Å²) in [7, 11) is 0. The van der Waals surface area contributed by atoms with Crippen LogP contribution in [0.2, 0.25) is 0 Å². The van der Waals surface area contributed by atoms with Crippen LogP contribution in [0.25, 0.3) is 0 Å². The maximum absolute atomic E-state index is 9.92. The van der Waals surface area contributed by atoms with Crippen LogP contribution in [-0.4, -0.2) is 30.4 Å². The maximum atomic E-state index is 9.92. The molecular formula is C12H28N2O. The second-order valence-electron chi connectivity index (χ2n) is 4.46. The molecule has 0 spiro atoms. The first kappa shape index (κ1) is 14.4. The lowest BCUT2D eigenvalue weighted by molar-refractivity contribution is -0.120. The largest absolute Gasteiger partial charge is 0.369 e. The van der Waals surface area contributed by atoms with Crippen LogP contribution in [-0.2, 0) is 4.79 Å². The molecule has 2 N–H and O–H groups in total. The normalized spacial score (nSPS) is 16.3. The number of nitrogens with zero attached hydrogens (tertiary/aromatic N) is 1. The molecule has 0 aromatic rings. The summed E-state index contributed by atoms with van der Waals surface area (Å²) >= 11 is 0. The van der Waals surface area contributed by atoms with Gasteiger partial charge >= 0.3 is 0 Å². The van der Waals surface area contributed by atoms with Gasteiger partial charge in [0.25, 0.3) is 0 Å². The van der Waals surface area contributed by atoms with Crippen molar-refractivity contribution in [1.82, 2.24) is 4.90 Å². The fourth-order valence-corrected chi connectivity index (χ4v) is 1.39. The average Bonchev–Trinajstić information content (AvgIpc) is 2.68. The number of primary amides is 1. The molecule has 0 atom stereocenters. The van der Waals surface area contributed by atoms with Gasteiger partial charge in [0.05, 0.1) is 0 Å². The Labute approximate surface area is 95.5 Å². The van der Waals surface area contributed by atoms with E-state index in [0.29, 0.717) is 0 Å². The smallest absolute Gasteiger partial charge is 0.219 e. The first-order valence-corrected chi connectivity index (χ1v) is 6.09. The molecule has 1 fully saturated rings. The number of rotatable bonds is 4. The third-order valence-electron chi connectivity index (χ3n) is 2.60. The third kappa shape index (κ3) is 8.43. The summed E-state index contributed by atoms with van der Waals surface area (Å²) in [6.07, 6.45) is 5.60. The zero-order valence-electron chi connectivity index (χ0n) is 10.5. The Hall–Kier alpha value is -0.570. The van der Waals surface area contributed by atoms with Gasteiger partial charge in [-0.05, 0) is 38.9 Å². The number of carbonyl (C=O) groups is 1. The molecule has 1 aliphatic rings. The van der Waals surface area contributed by atoms with E-state index in [-0.39, 0.29) is 13.3 Å². The average molecular weight is 216 g/mol. The van der Waals surface area contributed by atoms with Gasteiger partial charge in [0, 0.05) is 7.34 Å². The second kappa shape index (κ2) is 8.72. The molecule has 1 aliphatic heterocycles. The predicted octanol–water partition coefficient (Wildman–Crippen LogP) is 2.26. The van der Waals surface area contributed by atoms with Gasteiger partial charge in [-0.2, -0.15) is 0 Å². The molecule has 92 valence electrons. The monoisotopic (exact) mass is 216 g/mol. The van der Waals surface area contributed by atoms with Crippen LogP contribution in [0.5, 0.6) is 0 Å². The molecule has 0 radical (unpaired) electrons. The van der Waals surface area contributed by atoms with E-state index in [9.17, 15) is 4.79 Å². The lowest BCUT2D eigenvalue weighted by Crippen LogP contribution is -2.19. The Bertz CT molecular complexity index is 168. The number of amides is 1.